The summed E-state index contributed by atoms with van der Waals surface area (Å²) >= 11 is 5.30. The van der Waals surface area contributed by atoms with Gasteiger partial charge in [-0.05, 0) is 32.1 Å². The van der Waals surface area contributed by atoms with Crippen LogP contribution in [0.1, 0.15) is 46.0 Å². The minimum absolute atomic E-state index is 0.00806. The third-order valence-corrected chi connectivity index (χ3v) is 6.85. The van der Waals surface area contributed by atoms with Crippen LogP contribution >= 0.6 is 45.2 Å². The number of halogens is 2. The second-order valence-corrected chi connectivity index (χ2v) is 11.2. The number of rotatable bonds is 0. The van der Waals surface area contributed by atoms with E-state index >= 15 is 0 Å². The highest BCUT2D eigenvalue weighted by Gasteiger charge is 2.68. The van der Waals surface area contributed by atoms with E-state index in [-0.39, 0.29) is 10.8 Å². The molecular formula is C12H16I2O. The van der Waals surface area contributed by atoms with E-state index in [4.69, 9.17) is 0 Å². The predicted octanol–water partition coefficient (Wildman–Crippen LogP) is 3.91. The summed E-state index contributed by atoms with van der Waals surface area (Å²) < 4.78 is 0.819. The molecule has 84 valence electrons. The fourth-order valence-corrected chi connectivity index (χ4v) is 10.5. The van der Waals surface area contributed by atoms with Crippen molar-refractivity contribution in [1.82, 2.24) is 0 Å². The third kappa shape index (κ3) is 1.40. The Morgan fingerprint density at radius 2 is 1.20 bits per heavy atom. The van der Waals surface area contributed by atoms with Crippen LogP contribution in [0.25, 0.3) is 0 Å². The number of Topliss-reactive ketones (excluding diaryl/α,β-unsaturated/α-hetero) is 1. The third-order valence-electron chi connectivity index (χ3n) is 4.56. The molecule has 0 aromatic rings. The van der Waals surface area contributed by atoms with Gasteiger partial charge in [0.1, 0.15) is 5.78 Å². The van der Waals surface area contributed by atoms with Crippen molar-refractivity contribution in [2.24, 2.45) is 10.8 Å². The van der Waals surface area contributed by atoms with E-state index in [0.29, 0.717) is 12.6 Å². The number of hydrogen-bond acceptors (Lipinski definition) is 1. The standard InChI is InChI=1S/C12H16I2O/c1-9-3-11(13)5-10(2,8(9)15)6-12(14,4-9)7-11/h3-7H2,1-2H3. The Hall–Kier alpha value is 1.13. The molecule has 0 saturated heterocycles. The lowest BCUT2D eigenvalue weighted by atomic mass is 9.44. The Morgan fingerprint density at radius 3 is 1.53 bits per heavy atom. The zero-order chi connectivity index (χ0) is 11.1. The van der Waals surface area contributed by atoms with Crippen LogP contribution < -0.4 is 0 Å². The maximum absolute atomic E-state index is 12.5. The summed E-state index contributed by atoms with van der Waals surface area (Å²) in [6.07, 6.45) is 5.82. The molecule has 0 radical (unpaired) electrons. The summed E-state index contributed by atoms with van der Waals surface area (Å²) in [7, 11) is 0. The number of carbonyl (C=O) groups is 1. The summed E-state index contributed by atoms with van der Waals surface area (Å²) in [6.45, 7) is 4.43. The van der Waals surface area contributed by atoms with Crippen LogP contribution in [0.15, 0.2) is 0 Å². The van der Waals surface area contributed by atoms with Crippen LogP contribution in [0.3, 0.4) is 0 Å². The first-order chi connectivity index (χ1) is 6.69. The van der Waals surface area contributed by atoms with Gasteiger partial charge >= 0.3 is 0 Å². The van der Waals surface area contributed by atoms with Crippen LogP contribution in [0.2, 0.25) is 0 Å². The van der Waals surface area contributed by atoms with E-state index in [2.05, 4.69) is 59.0 Å². The van der Waals surface area contributed by atoms with Gasteiger partial charge in [-0.2, -0.15) is 0 Å². The Balaban J connectivity index is 2.16. The van der Waals surface area contributed by atoms with Crippen molar-refractivity contribution in [1.29, 1.82) is 0 Å². The molecule has 4 rings (SSSR count). The first kappa shape index (κ1) is 11.2. The quantitative estimate of drug-likeness (QED) is 0.421. The van der Waals surface area contributed by atoms with Crippen LogP contribution in [-0.4, -0.2) is 12.6 Å². The monoisotopic (exact) mass is 430 g/mol. The average Bonchev–Trinajstić information content (AvgIpc) is 1.93. The lowest BCUT2D eigenvalue weighted by Gasteiger charge is -2.65. The number of hydrogen-bond donors (Lipinski definition) is 0. The molecule has 4 aliphatic rings. The molecule has 0 aromatic carbocycles. The molecule has 4 bridgehead atoms. The molecule has 4 saturated carbocycles. The maximum Gasteiger partial charge on any atom is 0.144 e. The first-order valence-electron chi connectivity index (χ1n) is 5.62. The molecular weight excluding hydrogens is 414 g/mol. The zero-order valence-corrected chi connectivity index (χ0v) is 13.5. The molecule has 0 unspecified atom stereocenters. The summed E-state index contributed by atoms with van der Waals surface area (Å²) in [5.41, 5.74) is -0.0161. The molecule has 0 spiro atoms. The van der Waals surface area contributed by atoms with Crippen LogP contribution in [-0.2, 0) is 4.79 Å². The van der Waals surface area contributed by atoms with E-state index in [1.807, 2.05) is 0 Å². The Labute approximate surface area is 118 Å². The van der Waals surface area contributed by atoms with Gasteiger partial charge < -0.3 is 0 Å². The first-order valence-corrected chi connectivity index (χ1v) is 7.78. The normalized spacial score (nSPS) is 62.5. The van der Waals surface area contributed by atoms with Crippen LogP contribution in [0, 0.1) is 10.8 Å². The van der Waals surface area contributed by atoms with Gasteiger partial charge in [-0.15, -0.1) is 0 Å². The van der Waals surface area contributed by atoms with Crippen molar-refractivity contribution in [2.75, 3.05) is 0 Å². The van der Waals surface area contributed by atoms with Crippen molar-refractivity contribution in [2.45, 2.75) is 52.8 Å². The van der Waals surface area contributed by atoms with Gasteiger partial charge in [0.15, 0.2) is 0 Å². The highest BCUT2D eigenvalue weighted by Crippen LogP contribution is 2.70. The van der Waals surface area contributed by atoms with Crippen molar-refractivity contribution >= 4 is 51.0 Å². The smallest absolute Gasteiger partial charge is 0.144 e. The molecule has 0 heterocycles. The maximum atomic E-state index is 12.5. The Bertz CT molecular complexity index is 317. The SMILES string of the molecule is CC12CC3(I)CC(I)(C1)CC(C)(C3)C2=O. The minimum atomic E-state index is -0.00806. The summed E-state index contributed by atoms with van der Waals surface area (Å²) in [5.74, 6) is 0.564. The molecule has 0 atom stereocenters. The molecule has 4 fully saturated rings. The lowest BCUT2D eigenvalue weighted by molar-refractivity contribution is -0.155. The van der Waals surface area contributed by atoms with Crippen molar-refractivity contribution in [3.05, 3.63) is 0 Å². The van der Waals surface area contributed by atoms with E-state index in [1.165, 1.54) is 6.42 Å². The molecule has 3 heteroatoms. The lowest BCUT2D eigenvalue weighted by Crippen LogP contribution is -2.66. The number of carbonyl (C=O) groups excluding carboxylic acids is 1. The van der Waals surface area contributed by atoms with Gasteiger partial charge in [-0.25, -0.2) is 0 Å². The van der Waals surface area contributed by atoms with Gasteiger partial charge in [-0.3, -0.25) is 4.79 Å². The van der Waals surface area contributed by atoms with Gasteiger partial charge in [0.2, 0.25) is 0 Å². The number of ketones is 1. The number of alkyl halides is 2. The molecule has 0 aromatic heterocycles. The predicted molar refractivity (Wildman–Crippen MR) is 77.8 cm³/mol. The largest absolute Gasteiger partial charge is 0.298 e. The highest BCUT2D eigenvalue weighted by atomic mass is 127. The van der Waals surface area contributed by atoms with Gasteiger partial charge in [0.25, 0.3) is 0 Å². The van der Waals surface area contributed by atoms with Crippen molar-refractivity contribution in [3.63, 3.8) is 0 Å². The van der Waals surface area contributed by atoms with Gasteiger partial charge in [0.05, 0.1) is 0 Å². The molecule has 0 aliphatic heterocycles. The van der Waals surface area contributed by atoms with E-state index in [0.717, 1.165) is 25.7 Å². The van der Waals surface area contributed by atoms with E-state index < -0.39 is 0 Å². The summed E-state index contributed by atoms with van der Waals surface area (Å²) in [5, 5.41) is 0. The van der Waals surface area contributed by atoms with Gasteiger partial charge in [0, 0.05) is 17.7 Å². The second-order valence-electron chi connectivity index (χ2n) is 6.64. The highest BCUT2D eigenvalue weighted by molar-refractivity contribution is 14.1. The Kier molecular flexibility index (Phi) is 2.06. The molecule has 4 aliphatic carbocycles. The molecule has 0 amide bonds. The fourth-order valence-electron chi connectivity index (χ4n) is 4.91. The zero-order valence-electron chi connectivity index (χ0n) is 9.20. The van der Waals surface area contributed by atoms with E-state index in [9.17, 15) is 4.79 Å². The van der Waals surface area contributed by atoms with E-state index in [1.54, 1.807) is 0 Å². The molecule has 1 nitrogen and oxygen atoms in total. The summed E-state index contributed by atoms with van der Waals surface area (Å²) in [6, 6.07) is 0. The average molecular weight is 430 g/mol. The molecule has 15 heavy (non-hydrogen) atoms. The minimum Gasteiger partial charge on any atom is -0.298 e. The summed E-state index contributed by atoms with van der Waals surface area (Å²) in [4.78, 5) is 12.5. The van der Waals surface area contributed by atoms with Crippen molar-refractivity contribution in [3.8, 4) is 0 Å². The van der Waals surface area contributed by atoms with Crippen molar-refractivity contribution < 1.29 is 4.79 Å². The second kappa shape index (κ2) is 2.75. The Morgan fingerprint density at radius 1 is 0.867 bits per heavy atom. The topological polar surface area (TPSA) is 17.1 Å². The van der Waals surface area contributed by atoms with Crippen LogP contribution in [0.4, 0.5) is 0 Å². The molecule has 0 N–H and O–H groups in total. The fraction of sp³-hybridized carbons (Fsp3) is 0.917. The van der Waals surface area contributed by atoms with Gasteiger partial charge in [-0.1, -0.05) is 59.0 Å². The van der Waals surface area contributed by atoms with Crippen LogP contribution in [0.5, 0.6) is 0 Å².